The van der Waals surface area contributed by atoms with E-state index < -0.39 is 0 Å². The Morgan fingerprint density at radius 2 is 1.44 bits per heavy atom. The minimum absolute atomic E-state index is 0. The molecule has 5 nitrogen and oxygen atoms in total. The summed E-state index contributed by atoms with van der Waals surface area (Å²) in [5, 5.41) is 2.49. The molecule has 4 saturated carbocycles. The van der Waals surface area contributed by atoms with Gasteiger partial charge in [-0.05, 0) is 141 Å². The van der Waals surface area contributed by atoms with Crippen molar-refractivity contribution in [2.75, 3.05) is 27.0 Å². The summed E-state index contributed by atoms with van der Waals surface area (Å²) < 4.78 is 23.8. The van der Waals surface area contributed by atoms with Gasteiger partial charge in [-0.2, -0.15) is 0 Å². The van der Waals surface area contributed by atoms with E-state index in [1.807, 2.05) is 6.92 Å². The first kappa shape index (κ1) is 30.7. The molecule has 0 radical (unpaired) electrons. The van der Waals surface area contributed by atoms with Gasteiger partial charge in [0.25, 0.3) is 0 Å². The van der Waals surface area contributed by atoms with Gasteiger partial charge in [-0.15, -0.1) is 12.4 Å². The number of hydrogen-bond acceptors (Lipinski definition) is 5. The molecule has 43 heavy (non-hydrogen) atoms. The number of ether oxygens (including phenoxy) is 4. The topological polar surface area (TPSA) is 40.2 Å². The number of nitrogens with zero attached hydrogens (tertiary/aromatic N) is 1. The van der Waals surface area contributed by atoms with E-state index in [9.17, 15) is 0 Å². The lowest BCUT2D eigenvalue weighted by Crippen LogP contribution is -2.48. The molecule has 2 atom stereocenters. The zero-order valence-electron chi connectivity index (χ0n) is 26.1. The summed E-state index contributed by atoms with van der Waals surface area (Å²) in [7, 11) is 1.66. The van der Waals surface area contributed by atoms with Gasteiger partial charge in [-0.1, -0.05) is 30.7 Å². The zero-order valence-corrected chi connectivity index (χ0v) is 26.9. The molecule has 5 aliphatic rings. The van der Waals surface area contributed by atoms with E-state index in [1.165, 1.54) is 85.3 Å². The van der Waals surface area contributed by atoms with Crippen molar-refractivity contribution in [3.05, 3.63) is 60.2 Å². The van der Waals surface area contributed by atoms with Crippen LogP contribution < -0.4 is 9.47 Å². The van der Waals surface area contributed by atoms with Crippen molar-refractivity contribution in [1.82, 2.24) is 4.90 Å². The number of methoxy groups -OCH3 is 1. The van der Waals surface area contributed by atoms with Gasteiger partial charge >= 0.3 is 0 Å². The third-order valence-corrected chi connectivity index (χ3v) is 10.8. The van der Waals surface area contributed by atoms with Crippen molar-refractivity contribution in [2.24, 2.45) is 17.8 Å². The maximum atomic E-state index is 6.39. The molecule has 8 rings (SSSR count). The zero-order chi connectivity index (χ0) is 28.7. The molecule has 0 aromatic heterocycles. The highest BCUT2D eigenvalue weighted by molar-refractivity contribution is 5.89. The molecule has 232 valence electrons. The van der Waals surface area contributed by atoms with Crippen LogP contribution in [0.4, 0.5) is 0 Å². The van der Waals surface area contributed by atoms with E-state index in [4.69, 9.17) is 18.9 Å². The molecule has 0 spiro atoms. The Labute approximate surface area is 263 Å². The van der Waals surface area contributed by atoms with Crippen molar-refractivity contribution >= 4 is 23.2 Å². The number of hydrogen-bond donors (Lipinski definition) is 0. The molecule has 6 heteroatoms. The van der Waals surface area contributed by atoms with Crippen molar-refractivity contribution in [3.63, 3.8) is 0 Å². The number of halogens is 1. The van der Waals surface area contributed by atoms with Crippen molar-refractivity contribution in [2.45, 2.75) is 89.6 Å². The summed E-state index contributed by atoms with van der Waals surface area (Å²) in [5.41, 5.74) is 4.08. The first-order valence-electron chi connectivity index (χ1n) is 16.3. The fraction of sp³-hybridized carbons (Fsp3) is 0.568. The third-order valence-electron chi connectivity index (χ3n) is 10.8. The summed E-state index contributed by atoms with van der Waals surface area (Å²) in [4.78, 5) is 2.45. The highest BCUT2D eigenvalue weighted by Gasteiger charge is 2.52. The fourth-order valence-corrected chi connectivity index (χ4v) is 8.97. The van der Waals surface area contributed by atoms with Crippen molar-refractivity contribution in [1.29, 1.82) is 0 Å². The monoisotopic (exact) mass is 605 g/mol. The predicted octanol–water partition coefficient (Wildman–Crippen LogP) is 8.95. The van der Waals surface area contributed by atoms with Crippen LogP contribution in [0.3, 0.4) is 0 Å². The first-order chi connectivity index (χ1) is 20.5. The smallest absolute Gasteiger partial charge is 0.191 e. The average molecular weight is 606 g/mol. The minimum atomic E-state index is -0.291. The Bertz CT molecular complexity index is 1350. The van der Waals surface area contributed by atoms with Gasteiger partial charge in [0.2, 0.25) is 0 Å². The molecule has 0 amide bonds. The Morgan fingerprint density at radius 3 is 2.09 bits per heavy atom. The van der Waals surface area contributed by atoms with E-state index >= 15 is 0 Å². The third kappa shape index (κ3) is 6.42. The first-order valence-corrected chi connectivity index (χ1v) is 16.3. The summed E-state index contributed by atoms with van der Waals surface area (Å²) in [6.45, 7) is 6.54. The molecule has 1 saturated heterocycles. The lowest BCUT2D eigenvalue weighted by atomic mass is 9.48. The van der Waals surface area contributed by atoms with Gasteiger partial charge < -0.3 is 18.9 Å². The van der Waals surface area contributed by atoms with Crippen LogP contribution in [0.1, 0.15) is 77.2 Å². The Kier molecular flexibility index (Phi) is 9.26. The molecule has 1 aliphatic heterocycles. The van der Waals surface area contributed by atoms with Crippen LogP contribution in [0.2, 0.25) is 0 Å². The normalized spacial score (nSPS) is 27.9. The minimum Gasteiger partial charge on any atom is -0.475 e. The van der Waals surface area contributed by atoms with E-state index in [2.05, 4.69) is 66.4 Å². The summed E-state index contributed by atoms with van der Waals surface area (Å²) in [6, 6.07) is 20.2. The Balaban J connectivity index is 0.00000329. The molecular formula is C37H48ClNO4. The fourth-order valence-electron chi connectivity index (χ4n) is 8.97. The second-order valence-electron chi connectivity index (χ2n) is 13.7. The summed E-state index contributed by atoms with van der Waals surface area (Å²) in [6.07, 6.45) is 11.9. The molecule has 3 aromatic rings. The number of fused-ring (bicyclic) bond motifs is 1. The van der Waals surface area contributed by atoms with Crippen molar-refractivity contribution in [3.8, 4) is 22.6 Å². The Hall–Kier alpha value is -2.31. The standard InChI is InChI=1S/C37H47NO4.ClH/c1-25(38-13-5-4-6-14-38)42-34-11-9-30(10-12-34)31-7-8-32-20-36(41-24-40-26(2)39-3)35(19-33(32)18-31)37-21-27-15-28(22-37)17-29(16-27)23-37;/h7-12,18-20,25-29H,4-6,13-17,21-24H2,1-3H3;1H. The van der Waals surface area contributed by atoms with Crippen LogP contribution in [0.15, 0.2) is 54.6 Å². The molecule has 3 aromatic carbocycles. The Morgan fingerprint density at radius 1 is 0.791 bits per heavy atom. The van der Waals surface area contributed by atoms with E-state index in [-0.39, 0.29) is 37.1 Å². The number of benzene rings is 3. The van der Waals surface area contributed by atoms with Crippen LogP contribution in [-0.4, -0.2) is 44.4 Å². The van der Waals surface area contributed by atoms with Gasteiger partial charge in [-0.3, -0.25) is 4.90 Å². The van der Waals surface area contributed by atoms with E-state index in [0.717, 1.165) is 42.3 Å². The van der Waals surface area contributed by atoms with Gasteiger partial charge in [0.1, 0.15) is 17.7 Å². The van der Waals surface area contributed by atoms with E-state index in [1.54, 1.807) is 7.11 Å². The lowest BCUT2D eigenvalue weighted by molar-refractivity contribution is -0.150. The van der Waals surface area contributed by atoms with Crippen LogP contribution >= 0.6 is 12.4 Å². The molecule has 4 bridgehead atoms. The van der Waals surface area contributed by atoms with Gasteiger partial charge in [0.05, 0.1) is 0 Å². The average Bonchev–Trinajstić information content (AvgIpc) is 3.00. The quantitative estimate of drug-likeness (QED) is 0.216. The molecule has 1 heterocycles. The second-order valence-corrected chi connectivity index (χ2v) is 13.7. The number of likely N-dealkylation sites (tertiary alicyclic amines) is 1. The van der Waals surface area contributed by atoms with Crippen LogP contribution in [0.5, 0.6) is 11.5 Å². The van der Waals surface area contributed by atoms with Crippen LogP contribution in [0.25, 0.3) is 21.9 Å². The van der Waals surface area contributed by atoms with Gasteiger partial charge in [0.15, 0.2) is 13.1 Å². The van der Waals surface area contributed by atoms with Crippen LogP contribution in [-0.2, 0) is 14.9 Å². The largest absolute Gasteiger partial charge is 0.475 e. The molecule has 2 unspecified atom stereocenters. The summed E-state index contributed by atoms with van der Waals surface area (Å²) >= 11 is 0. The predicted molar refractivity (Wildman–Crippen MR) is 175 cm³/mol. The summed E-state index contributed by atoms with van der Waals surface area (Å²) in [5.74, 6) is 4.54. The second kappa shape index (κ2) is 13.0. The van der Waals surface area contributed by atoms with Gasteiger partial charge in [0, 0.05) is 25.8 Å². The van der Waals surface area contributed by atoms with Gasteiger partial charge in [-0.25, -0.2) is 0 Å². The molecule has 5 fully saturated rings. The molecular weight excluding hydrogens is 558 g/mol. The number of piperidine rings is 1. The van der Waals surface area contributed by atoms with E-state index in [0.29, 0.717) is 0 Å². The van der Waals surface area contributed by atoms with Crippen molar-refractivity contribution < 1.29 is 18.9 Å². The van der Waals surface area contributed by atoms with Crippen LogP contribution in [0, 0.1) is 17.8 Å². The molecule has 4 aliphatic carbocycles. The highest BCUT2D eigenvalue weighted by Crippen LogP contribution is 2.62. The lowest BCUT2D eigenvalue weighted by Gasteiger charge is -2.57. The maximum absolute atomic E-state index is 6.39. The SMILES string of the molecule is COC(C)OCOc1cc2ccc(-c3ccc(OC(C)N4CCCCC4)cc3)cc2cc1C12CC3CC(CC(C3)C1)C2.Cl. The maximum Gasteiger partial charge on any atom is 0.191 e. The number of rotatable bonds is 10. The molecule has 0 N–H and O–H groups in total. The highest BCUT2D eigenvalue weighted by atomic mass is 35.5.